The summed E-state index contributed by atoms with van der Waals surface area (Å²) in [5.74, 6) is -0.754. The first kappa shape index (κ1) is 27.5. The number of amides is 3. The molecule has 1 saturated heterocycles. The Morgan fingerprint density at radius 1 is 1.18 bits per heavy atom. The number of rotatable bonds is 8. The van der Waals surface area contributed by atoms with Crippen LogP contribution in [0.25, 0.3) is 10.2 Å². The van der Waals surface area contributed by atoms with Crippen molar-refractivity contribution in [2.45, 2.75) is 23.8 Å². The first-order valence-corrected chi connectivity index (χ1v) is 15.0. The van der Waals surface area contributed by atoms with E-state index in [1.807, 2.05) is 6.26 Å². The van der Waals surface area contributed by atoms with Crippen molar-refractivity contribution in [3.05, 3.63) is 47.0 Å². The van der Waals surface area contributed by atoms with E-state index in [4.69, 9.17) is 4.74 Å². The van der Waals surface area contributed by atoms with Gasteiger partial charge in [0.15, 0.2) is 0 Å². The summed E-state index contributed by atoms with van der Waals surface area (Å²) < 4.78 is 33.5. The van der Waals surface area contributed by atoms with Crippen molar-refractivity contribution in [3.63, 3.8) is 0 Å². The molecule has 16 heteroatoms. The number of sulfonamides is 1. The highest BCUT2D eigenvalue weighted by Crippen LogP contribution is 2.29. The normalized spacial score (nSPS) is 16.1. The summed E-state index contributed by atoms with van der Waals surface area (Å²) in [4.78, 5) is 59.2. The number of piperazine rings is 1. The highest BCUT2D eigenvalue weighted by molar-refractivity contribution is 7.98. The van der Waals surface area contributed by atoms with Gasteiger partial charge in [-0.1, -0.05) is 12.1 Å². The van der Waals surface area contributed by atoms with E-state index < -0.39 is 46.2 Å². The maximum atomic E-state index is 13.2. The van der Waals surface area contributed by atoms with Gasteiger partial charge in [0.25, 0.3) is 15.9 Å². The Morgan fingerprint density at radius 2 is 1.95 bits per heavy atom. The number of aromatic nitrogens is 3. The number of carbonyl (C=O) groups excluding carboxylic acids is 3. The van der Waals surface area contributed by atoms with E-state index in [0.717, 1.165) is 20.2 Å². The highest BCUT2D eigenvalue weighted by Gasteiger charge is 2.41. The van der Waals surface area contributed by atoms with Gasteiger partial charge in [-0.15, -0.1) is 11.3 Å². The Labute approximate surface area is 225 Å². The van der Waals surface area contributed by atoms with Crippen LogP contribution in [0.2, 0.25) is 0 Å². The Balaban J connectivity index is 1.41. The maximum Gasteiger partial charge on any atom is 0.412 e. The lowest BCUT2D eigenvalue weighted by Gasteiger charge is -2.38. The van der Waals surface area contributed by atoms with Crippen molar-refractivity contribution < 1.29 is 27.5 Å². The van der Waals surface area contributed by atoms with Crippen LogP contribution in [0.3, 0.4) is 0 Å². The fourth-order valence-electron chi connectivity index (χ4n) is 3.69. The Hall–Kier alpha value is -3.50. The topological polar surface area (TPSA) is 161 Å². The van der Waals surface area contributed by atoms with Gasteiger partial charge >= 0.3 is 11.8 Å². The standard InChI is InChI=1S/C22H24N6O7S3/c1-14-19(30)28(38(33,34)22-23-15-5-3-4-6-16(15)37-22)10-9-27(14)18(29)13-26-8-7-17(24-20(26)31)25-21(32)35-11-12-36-2/h3-8,14H,9-13H2,1-2H3,(H,24,25,31,32). The number of hydrogen-bond donors (Lipinski definition) is 1. The average Bonchev–Trinajstić information content (AvgIpc) is 3.32. The van der Waals surface area contributed by atoms with Gasteiger partial charge in [-0.25, -0.2) is 18.9 Å². The van der Waals surface area contributed by atoms with Crippen molar-refractivity contribution in [1.82, 2.24) is 23.7 Å². The minimum absolute atomic E-state index is 0.0370. The molecule has 0 spiro atoms. The third-order valence-corrected chi connectivity index (χ3v) is 9.41. The van der Waals surface area contributed by atoms with E-state index >= 15 is 0 Å². The zero-order valence-corrected chi connectivity index (χ0v) is 22.8. The summed E-state index contributed by atoms with van der Waals surface area (Å²) in [6.45, 7) is 0.898. The molecule has 1 aliphatic heterocycles. The van der Waals surface area contributed by atoms with E-state index in [0.29, 0.717) is 16.0 Å². The minimum Gasteiger partial charge on any atom is -0.448 e. The number of thiazole rings is 1. The number of hydrogen-bond acceptors (Lipinski definition) is 11. The largest absolute Gasteiger partial charge is 0.448 e. The number of nitrogens with zero attached hydrogens (tertiary/aromatic N) is 5. The first-order chi connectivity index (χ1) is 18.1. The molecule has 3 amide bonds. The third-order valence-electron chi connectivity index (χ3n) is 5.65. The smallest absolute Gasteiger partial charge is 0.412 e. The van der Waals surface area contributed by atoms with E-state index in [1.54, 1.807) is 24.3 Å². The molecule has 38 heavy (non-hydrogen) atoms. The van der Waals surface area contributed by atoms with Crippen LogP contribution in [-0.2, 0) is 30.9 Å². The zero-order valence-electron chi connectivity index (χ0n) is 20.4. The monoisotopic (exact) mass is 580 g/mol. The molecule has 0 aliphatic carbocycles. The number of para-hydroxylation sites is 1. The van der Waals surface area contributed by atoms with Gasteiger partial charge < -0.3 is 9.64 Å². The molecule has 4 rings (SSSR count). The van der Waals surface area contributed by atoms with Crippen LogP contribution in [0.4, 0.5) is 10.6 Å². The molecule has 1 atom stereocenters. The molecule has 1 aliphatic rings. The molecule has 1 aromatic carbocycles. The number of carbonyl (C=O) groups is 3. The third kappa shape index (κ3) is 5.81. The number of anilines is 1. The Bertz CT molecular complexity index is 1500. The van der Waals surface area contributed by atoms with Crippen molar-refractivity contribution in [3.8, 4) is 0 Å². The lowest BCUT2D eigenvalue weighted by Crippen LogP contribution is -2.59. The molecule has 0 radical (unpaired) electrons. The van der Waals surface area contributed by atoms with E-state index in [-0.39, 0.29) is 29.9 Å². The van der Waals surface area contributed by atoms with Gasteiger partial charge in [-0.3, -0.25) is 19.5 Å². The summed E-state index contributed by atoms with van der Waals surface area (Å²) >= 11 is 2.47. The molecule has 1 fully saturated rings. The number of ether oxygens (including phenoxy) is 1. The van der Waals surface area contributed by atoms with E-state index in [1.165, 1.54) is 35.8 Å². The molecule has 3 heterocycles. The maximum absolute atomic E-state index is 13.2. The van der Waals surface area contributed by atoms with Crippen LogP contribution >= 0.6 is 23.1 Å². The zero-order chi connectivity index (χ0) is 27.4. The summed E-state index contributed by atoms with van der Waals surface area (Å²) in [7, 11) is -4.20. The van der Waals surface area contributed by atoms with Gasteiger partial charge in [0.2, 0.25) is 10.2 Å². The van der Waals surface area contributed by atoms with E-state index in [9.17, 15) is 27.6 Å². The molecule has 3 aromatic rings. The molecule has 202 valence electrons. The van der Waals surface area contributed by atoms with Crippen LogP contribution in [0.5, 0.6) is 0 Å². The minimum atomic E-state index is -4.20. The van der Waals surface area contributed by atoms with Crippen LogP contribution in [0.1, 0.15) is 6.92 Å². The summed E-state index contributed by atoms with van der Waals surface area (Å²) in [6.07, 6.45) is 2.39. The fraction of sp³-hybridized carbons (Fsp3) is 0.364. The highest BCUT2D eigenvalue weighted by atomic mass is 32.2. The lowest BCUT2D eigenvalue weighted by atomic mass is 10.2. The second kappa shape index (κ2) is 11.5. The fourth-order valence-corrected chi connectivity index (χ4v) is 6.71. The SMILES string of the molecule is CSCCOC(=O)Nc1ccn(CC(=O)N2CCN(S(=O)(=O)c3nc4ccccc4s3)C(=O)C2C)c(=O)n1. The van der Waals surface area contributed by atoms with Crippen molar-refractivity contribution in [1.29, 1.82) is 0 Å². The van der Waals surface area contributed by atoms with Gasteiger partial charge in [0.1, 0.15) is 25.0 Å². The summed E-state index contributed by atoms with van der Waals surface area (Å²) in [5.41, 5.74) is -0.283. The van der Waals surface area contributed by atoms with Crippen LogP contribution < -0.4 is 11.0 Å². The Morgan fingerprint density at radius 3 is 2.66 bits per heavy atom. The number of nitrogens with one attached hydrogen (secondary N) is 1. The quantitative estimate of drug-likeness (QED) is 0.384. The lowest BCUT2D eigenvalue weighted by molar-refractivity contribution is -0.147. The molecule has 0 saturated carbocycles. The second-order valence-electron chi connectivity index (χ2n) is 8.10. The molecule has 1 unspecified atom stereocenters. The predicted molar refractivity (Wildman–Crippen MR) is 142 cm³/mol. The van der Waals surface area contributed by atoms with Crippen LogP contribution in [0, 0.1) is 0 Å². The second-order valence-corrected chi connectivity index (χ2v) is 12.2. The van der Waals surface area contributed by atoms with Gasteiger partial charge in [0, 0.05) is 18.5 Å². The average molecular weight is 581 g/mol. The number of fused-ring (bicyclic) bond motifs is 1. The van der Waals surface area contributed by atoms with Crippen molar-refractivity contribution in [2.24, 2.45) is 0 Å². The Kier molecular flexibility index (Phi) is 8.32. The van der Waals surface area contributed by atoms with Gasteiger partial charge in [0.05, 0.1) is 16.8 Å². The van der Waals surface area contributed by atoms with Crippen LogP contribution in [0.15, 0.2) is 45.7 Å². The molecule has 13 nitrogen and oxygen atoms in total. The van der Waals surface area contributed by atoms with Crippen LogP contribution in [-0.4, -0.2) is 87.8 Å². The molecular formula is C22H24N6O7S3. The summed E-state index contributed by atoms with van der Waals surface area (Å²) in [5, 5.41) is 2.34. The number of benzene rings is 1. The van der Waals surface area contributed by atoms with Gasteiger partial charge in [-0.05, 0) is 31.4 Å². The van der Waals surface area contributed by atoms with Gasteiger partial charge in [-0.2, -0.15) is 25.2 Å². The predicted octanol–water partition coefficient (Wildman–Crippen LogP) is 1.21. The van der Waals surface area contributed by atoms with Crippen molar-refractivity contribution >= 4 is 67.1 Å². The molecular weight excluding hydrogens is 556 g/mol. The number of thioether (sulfide) groups is 1. The molecule has 0 bridgehead atoms. The van der Waals surface area contributed by atoms with E-state index in [2.05, 4.69) is 15.3 Å². The molecule has 1 N–H and O–H groups in total. The van der Waals surface area contributed by atoms with Crippen molar-refractivity contribution in [2.75, 3.05) is 37.0 Å². The summed E-state index contributed by atoms with van der Waals surface area (Å²) in [6, 6.07) is 7.18. The molecule has 2 aromatic heterocycles. The first-order valence-electron chi connectivity index (χ1n) is 11.3.